The van der Waals surface area contributed by atoms with Gasteiger partial charge in [-0.15, -0.1) is 0 Å². The maximum Gasteiger partial charge on any atom is 0.251 e. The van der Waals surface area contributed by atoms with Crippen LogP contribution in [0.25, 0.3) is 0 Å². The molecule has 2 fully saturated rings. The summed E-state index contributed by atoms with van der Waals surface area (Å²) in [4.78, 5) is 27.1. The highest BCUT2D eigenvalue weighted by Gasteiger charge is 2.17. The van der Waals surface area contributed by atoms with Crippen molar-refractivity contribution >= 4 is 11.8 Å². The Morgan fingerprint density at radius 1 is 1.04 bits per heavy atom. The van der Waals surface area contributed by atoms with Crippen LogP contribution in [0.15, 0.2) is 24.3 Å². The van der Waals surface area contributed by atoms with Gasteiger partial charge in [-0.1, -0.05) is 25.3 Å². The minimum atomic E-state index is -0.134. The van der Waals surface area contributed by atoms with Crippen LogP contribution in [-0.2, 0) is 4.74 Å². The summed E-state index contributed by atoms with van der Waals surface area (Å²) >= 11 is 0. The normalized spacial score (nSPS) is 19.1. The summed E-state index contributed by atoms with van der Waals surface area (Å²) < 4.78 is 5.32. The summed E-state index contributed by atoms with van der Waals surface area (Å²) in [5.74, 6) is -0.217. The number of rotatable bonds is 6. The lowest BCUT2D eigenvalue weighted by Gasteiger charge is -2.26. The number of amides is 2. The quantitative estimate of drug-likeness (QED) is 0.813. The highest BCUT2D eigenvalue weighted by molar-refractivity contribution is 5.99. The second kappa shape index (κ2) is 9.69. The minimum absolute atomic E-state index is 0.0835. The summed E-state index contributed by atoms with van der Waals surface area (Å²) in [6.45, 7) is 4.74. The molecular formula is C20H29N3O3. The fourth-order valence-electron chi connectivity index (χ4n) is 3.57. The molecule has 0 spiro atoms. The molecule has 1 aliphatic carbocycles. The lowest BCUT2D eigenvalue weighted by Crippen LogP contribution is -2.41. The third-order valence-corrected chi connectivity index (χ3v) is 5.14. The maximum absolute atomic E-state index is 12.4. The van der Waals surface area contributed by atoms with E-state index < -0.39 is 0 Å². The molecule has 0 atom stereocenters. The first-order chi connectivity index (χ1) is 12.7. The molecule has 142 valence electrons. The summed E-state index contributed by atoms with van der Waals surface area (Å²) in [5.41, 5.74) is 1.08. The number of carbonyl (C=O) groups excluding carboxylic acids is 2. The van der Waals surface area contributed by atoms with Crippen molar-refractivity contribution in [3.05, 3.63) is 35.4 Å². The Morgan fingerprint density at radius 2 is 1.73 bits per heavy atom. The predicted molar refractivity (Wildman–Crippen MR) is 100 cm³/mol. The Kier molecular flexibility index (Phi) is 7.03. The number of nitrogens with zero attached hydrogens (tertiary/aromatic N) is 1. The van der Waals surface area contributed by atoms with E-state index in [0.717, 1.165) is 45.7 Å². The van der Waals surface area contributed by atoms with Gasteiger partial charge in [-0.05, 0) is 31.0 Å². The van der Waals surface area contributed by atoms with Gasteiger partial charge in [-0.25, -0.2) is 0 Å². The van der Waals surface area contributed by atoms with E-state index in [1.165, 1.54) is 19.3 Å². The zero-order chi connectivity index (χ0) is 18.2. The zero-order valence-corrected chi connectivity index (χ0v) is 15.3. The maximum atomic E-state index is 12.4. The van der Waals surface area contributed by atoms with Gasteiger partial charge >= 0.3 is 0 Å². The van der Waals surface area contributed by atoms with Crippen molar-refractivity contribution in [2.75, 3.05) is 39.4 Å². The third-order valence-electron chi connectivity index (χ3n) is 5.14. The summed E-state index contributed by atoms with van der Waals surface area (Å²) in [5, 5.41) is 6.04. The minimum Gasteiger partial charge on any atom is -0.379 e. The molecule has 1 aliphatic heterocycles. The average Bonchev–Trinajstić information content (AvgIpc) is 2.69. The number of morpholine rings is 1. The van der Waals surface area contributed by atoms with E-state index >= 15 is 0 Å². The zero-order valence-electron chi connectivity index (χ0n) is 15.3. The Hall–Kier alpha value is -1.92. The lowest BCUT2D eigenvalue weighted by atomic mass is 9.95. The van der Waals surface area contributed by atoms with Crippen LogP contribution >= 0.6 is 0 Å². The smallest absolute Gasteiger partial charge is 0.251 e. The molecule has 0 aromatic heterocycles. The summed E-state index contributed by atoms with van der Waals surface area (Å²) in [6, 6.07) is 7.24. The van der Waals surface area contributed by atoms with Crippen LogP contribution in [0.4, 0.5) is 0 Å². The van der Waals surface area contributed by atoms with Gasteiger partial charge in [0.1, 0.15) is 0 Å². The molecule has 6 heteroatoms. The van der Waals surface area contributed by atoms with Crippen molar-refractivity contribution in [3.8, 4) is 0 Å². The van der Waals surface area contributed by atoms with Crippen LogP contribution in [0.2, 0.25) is 0 Å². The standard InChI is InChI=1S/C20H29N3O3/c24-19(21-9-10-23-11-13-26-14-12-23)16-5-4-6-17(15-16)20(25)22-18-7-2-1-3-8-18/h4-6,15,18H,1-3,7-14H2,(H,21,24)(H,22,25). The molecule has 1 aromatic carbocycles. The van der Waals surface area contributed by atoms with E-state index in [9.17, 15) is 9.59 Å². The Labute approximate surface area is 155 Å². The van der Waals surface area contributed by atoms with E-state index in [-0.39, 0.29) is 17.9 Å². The predicted octanol–water partition coefficient (Wildman–Crippen LogP) is 1.81. The van der Waals surface area contributed by atoms with E-state index in [2.05, 4.69) is 15.5 Å². The van der Waals surface area contributed by atoms with Gasteiger partial charge in [0, 0.05) is 43.3 Å². The van der Waals surface area contributed by atoms with Crippen LogP contribution in [0.1, 0.15) is 52.8 Å². The van der Waals surface area contributed by atoms with Crippen molar-refractivity contribution in [2.45, 2.75) is 38.1 Å². The molecule has 26 heavy (non-hydrogen) atoms. The first-order valence-corrected chi connectivity index (χ1v) is 9.71. The van der Waals surface area contributed by atoms with E-state index in [4.69, 9.17) is 4.74 Å². The molecule has 3 rings (SSSR count). The lowest BCUT2D eigenvalue weighted by molar-refractivity contribution is 0.0383. The van der Waals surface area contributed by atoms with Gasteiger partial charge in [0.15, 0.2) is 0 Å². The Bertz CT molecular complexity index is 608. The number of carbonyl (C=O) groups is 2. The van der Waals surface area contributed by atoms with Crippen molar-refractivity contribution < 1.29 is 14.3 Å². The van der Waals surface area contributed by atoms with Gasteiger partial charge in [-0.3, -0.25) is 14.5 Å². The Balaban J connectivity index is 1.48. The monoisotopic (exact) mass is 359 g/mol. The summed E-state index contributed by atoms with van der Waals surface area (Å²) in [6.07, 6.45) is 5.71. The number of hydrogen-bond acceptors (Lipinski definition) is 4. The molecule has 0 bridgehead atoms. The van der Waals surface area contributed by atoms with E-state index in [1.54, 1.807) is 24.3 Å². The molecular weight excluding hydrogens is 330 g/mol. The van der Waals surface area contributed by atoms with E-state index in [0.29, 0.717) is 17.7 Å². The molecule has 6 nitrogen and oxygen atoms in total. The molecule has 2 amide bonds. The molecule has 0 unspecified atom stereocenters. The fourth-order valence-corrected chi connectivity index (χ4v) is 3.57. The second-order valence-corrected chi connectivity index (χ2v) is 7.10. The third kappa shape index (κ3) is 5.54. The second-order valence-electron chi connectivity index (χ2n) is 7.10. The van der Waals surface area contributed by atoms with Crippen molar-refractivity contribution in [3.63, 3.8) is 0 Å². The Morgan fingerprint density at radius 3 is 2.46 bits per heavy atom. The molecule has 1 aromatic rings. The van der Waals surface area contributed by atoms with Crippen molar-refractivity contribution in [1.29, 1.82) is 0 Å². The molecule has 2 N–H and O–H groups in total. The van der Waals surface area contributed by atoms with Crippen molar-refractivity contribution in [2.24, 2.45) is 0 Å². The van der Waals surface area contributed by atoms with Gasteiger partial charge in [0.2, 0.25) is 0 Å². The molecule has 0 radical (unpaired) electrons. The highest BCUT2D eigenvalue weighted by atomic mass is 16.5. The topological polar surface area (TPSA) is 70.7 Å². The van der Waals surface area contributed by atoms with Gasteiger partial charge in [0.05, 0.1) is 13.2 Å². The highest BCUT2D eigenvalue weighted by Crippen LogP contribution is 2.18. The van der Waals surface area contributed by atoms with Gasteiger partial charge in [-0.2, -0.15) is 0 Å². The number of ether oxygens (including phenoxy) is 1. The first kappa shape index (κ1) is 18.9. The first-order valence-electron chi connectivity index (χ1n) is 9.71. The van der Waals surface area contributed by atoms with Gasteiger partial charge in [0.25, 0.3) is 11.8 Å². The fraction of sp³-hybridized carbons (Fsp3) is 0.600. The largest absolute Gasteiger partial charge is 0.379 e. The van der Waals surface area contributed by atoms with Crippen LogP contribution in [-0.4, -0.2) is 62.1 Å². The van der Waals surface area contributed by atoms with Crippen LogP contribution in [0, 0.1) is 0 Å². The van der Waals surface area contributed by atoms with E-state index in [1.807, 2.05) is 0 Å². The number of benzene rings is 1. The molecule has 1 saturated heterocycles. The average molecular weight is 359 g/mol. The van der Waals surface area contributed by atoms with Crippen molar-refractivity contribution in [1.82, 2.24) is 15.5 Å². The number of nitrogens with one attached hydrogen (secondary N) is 2. The van der Waals surface area contributed by atoms with Crippen LogP contribution in [0.5, 0.6) is 0 Å². The van der Waals surface area contributed by atoms with Crippen LogP contribution in [0.3, 0.4) is 0 Å². The molecule has 2 aliphatic rings. The molecule has 1 heterocycles. The molecule has 1 saturated carbocycles. The van der Waals surface area contributed by atoms with Gasteiger partial charge < -0.3 is 15.4 Å². The summed E-state index contributed by atoms with van der Waals surface area (Å²) in [7, 11) is 0. The van der Waals surface area contributed by atoms with Crippen LogP contribution < -0.4 is 10.6 Å². The SMILES string of the molecule is O=C(NCCN1CCOCC1)c1cccc(C(=O)NC2CCCCC2)c1. The number of hydrogen-bond donors (Lipinski definition) is 2.